The fraction of sp³-hybridized carbons (Fsp3) is 0.500. The van der Waals surface area contributed by atoms with Crippen LogP contribution in [0.1, 0.15) is 24.8 Å². The van der Waals surface area contributed by atoms with Gasteiger partial charge in [0.05, 0.1) is 6.61 Å². The van der Waals surface area contributed by atoms with Crippen molar-refractivity contribution in [2.75, 3.05) is 13.7 Å². The van der Waals surface area contributed by atoms with Crippen molar-refractivity contribution in [3.05, 3.63) is 35.9 Å². The molecule has 0 radical (unpaired) electrons. The molecular formula is C12H17BrO. The molecule has 0 spiro atoms. The van der Waals surface area contributed by atoms with Gasteiger partial charge in [0.15, 0.2) is 0 Å². The van der Waals surface area contributed by atoms with Gasteiger partial charge in [0.25, 0.3) is 0 Å². The van der Waals surface area contributed by atoms with Crippen LogP contribution in [0.5, 0.6) is 0 Å². The van der Waals surface area contributed by atoms with Crippen LogP contribution in [0.3, 0.4) is 0 Å². The third-order valence-electron chi connectivity index (χ3n) is 2.40. The number of methoxy groups -OCH3 is 1. The van der Waals surface area contributed by atoms with Gasteiger partial charge in [-0.15, -0.1) is 0 Å². The van der Waals surface area contributed by atoms with Crippen LogP contribution in [0, 0.1) is 0 Å². The number of halogens is 1. The molecule has 2 heteroatoms. The van der Waals surface area contributed by atoms with Crippen LogP contribution in [-0.4, -0.2) is 18.5 Å². The highest BCUT2D eigenvalue weighted by molar-refractivity contribution is 9.09. The van der Waals surface area contributed by atoms with E-state index in [1.807, 2.05) is 6.07 Å². The summed E-state index contributed by atoms with van der Waals surface area (Å²) in [5, 5.41) is 0. The van der Waals surface area contributed by atoms with E-state index in [-0.39, 0.29) is 0 Å². The van der Waals surface area contributed by atoms with Crippen molar-refractivity contribution in [3.63, 3.8) is 0 Å². The second-order valence-corrected chi connectivity index (χ2v) is 4.57. The first kappa shape index (κ1) is 11.7. The van der Waals surface area contributed by atoms with Crippen LogP contribution in [-0.2, 0) is 4.74 Å². The molecule has 0 bridgehead atoms. The zero-order chi connectivity index (χ0) is 10.4. The molecule has 1 aromatic carbocycles. The first-order valence-electron chi connectivity index (χ1n) is 4.97. The Labute approximate surface area is 94.6 Å². The summed E-state index contributed by atoms with van der Waals surface area (Å²) >= 11 is 3.70. The highest BCUT2D eigenvalue weighted by Crippen LogP contribution is 2.27. The third kappa shape index (κ3) is 3.10. The quantitative estimate of drug-likeness (QED) is 0.732. The molecule has 2 atom stereocenters. The summed E-state index contributed by atoms with van der Waals surface area (Å²) in [6.07, 6.45) is 1.11. The van der Waals surface area contributed by atoms with Crippen molar-refractivity contribution < 1.29 is 4.74 Å². The summed E-state index contributed by atoms with van der Waals surface area (Å²) in [5.74, 6) is 0.450. The van der Waals surface area contributed by atoms with Crippen LogP contribution < -0.4 is 0 Å². The van der Waals surface area contributed by atoms with Gasteiger partial charge in [-0.3, -0.25) is 0 Å². The summed E-state index contributed by atoms with van der Waals surface area (Å²) in [6, 6.07) is 10.5. The van der Waals surface area contributed by atoms with Crippen LogP contribution >= 0.6 is 15.9 Å². The molecule has 0 aliphatic carbocycles. The minimum Gasteiger partial charge on any atom is -0.384 e. The fourth-order valence-electron chi connectivity index (χ4n) is 1.57. The first-order chi connectivity index (χ1) is 6.79. The van der Waals surface area contributed by atoms with Crippen molar-refractivity contribution >= 4 is 15.9 Å². The minimum absolute atomic E-state index is 0.450. The highest BCUT2D eigenvalue weighted by Gasteiger charge is 2.18. The Morgan fingerprint density at radius 1 is 1.29 bits per heavy atom. The smallest absolute Gasteiger partial charge is 0.0541 e. The molecule has 0 heterocycles. The van der Waals surface area contributed by atoms with Gasteiger partial charge in [-0.2, -0.15) is 0 Å². The Morgan fingerprint density at radius 2 is 1.93 bits per heavy atom. The Kier molecular flexibility index (Phi) is 5.20. The number of hydrogen-bond donors (Lipinski definition) is 0. The van der Waals surface area contributed by atoms with Gasteiger partial charge in [-0.05, 0) is 12.0 Å². The summed E-state index contributed by atoms with van der Waals surface area (Å²) in [6.45, 7) is 2.96. The van der Waals surface area contributed by atoms with Crippen LogP contribution in [0.25, 0.3) is 0 Å². The molecule has 2 unspecified atom stereocenters. The second-order valence-electron chi connectivity index (χ2n) is 3.40. The topological polar surface area (TPSA) is 9.23 Å². The number of rotatable bonds is 5. The Hall–Kier alpha value is -0.340. The molecule has 1 nitrogen and oxygen atoms in total. The van der Waals surface area contributed by atoms with E-state index < -0.39 is 0 Å². The SMILES string of the molecule is CCC(Br)C(COC)c1ccccc1. The van der Waals surface area contributed by atoms with E-state index in [9.17, 15) is 0 Å². The van der Waals surface area contributed by atoms with E-state index in [0.717, 1.165) is 13.0 Å². The normalized spacial score (nSPS) is 15.1. The maximum Gasteiger partial charge on any atom is 0.0541 e. The summed E-state index contributed by atoms with van der Waals surface area (Å²) in [4.78, 5) is 0.491. The van der Waals surface area contributed by atoms with Gasteiger partial charge in [0.1, 0.15) is 0 Å². The van der Waals surface area contributed by atoms with Crippen molar-refractivity contribution in [2.45, 2.75) is 24.1 Å². The Balaban J connectivity index is 2.77. The predicted molar refractivity (Wildman–Crippen MR) is 64.1 cm³/mol. The predicted octanol–water partition coefficient (Wildman–Crippen LogP) is 3.59. The number of hydrogen-bond acceptors (Lipinski definition) is 1. The minimum atomic E-state index is 0.450. The van der Waals surface area contributed by atoms with E-state index in [1.54, 1.807) is 7.11 Å². The number of ether oxygens (including phenoxy) is 1. The van der Waals surface area contributed by atoms with Crippen LogP contribution in [0.2, 0.25) is 0 Å². The third-order valence-corrected chi connectivity index (χ3v) is 3.69. The molecule has 0 aromatic heterocycles. The van der Waals surface area contributed by atoms with Gasteiger partial charge in [-0.25, -0.2) is 0 Å². The van der Waals surface area contributed by atoms with Gasteiger partial charge in [-0.1, -0.05) is 53.2 Å². The maximum atomic E-state index is 5.25. The van der Waals surface area contributed by atoms with E-state index in [0.29, 0.717) is 10.7 Å². The average Bonchev–Trinajstić information content (AvgIpc) is 2.26. The van der Waals surface area contributed by atoms with Crippen LogP contribution in [0.15, 0.2) is 30.3 Å². The second kappa shape index (κ2) is 6.20. The van der Waals surface area contributed by atoms with Gasteiger partial charge < -0.3 is 4.74 Å². The fourth-order valence-corrected chi connectivity index (χ4v) is 2.03. The van der Waals surface area contributed by atoms with E-state index in [2.05, 4.69) is 47.1 Å². The molecule has 0 saturated heterocycles. The maximum absolute atomic E-state index is 5.25. The van der Waals surface area contributed by atoms with Crippen molar-refractivity contribution in [1.82, 2.24) is 0 Å². The lowest BCUT2D eigenvalue weighted by molar-refractivity contribution is 0.178. The van der Waals surface area contributed by atoms with E-state index in [4.69, 9.17) is 4.74 Å². The first-order valence-corrected chi connectivity index (χ1v) is 5.89. The van der Waals surface area contributed by atoms with E-state index >= 15 is 0 Å². The van der Waals surface area contributed by atoms with Crippen LogP contribution in [0.4, 0.5) is 0 Å². The van der Waals surface area contributed by atoms with Crippen molar-refractivity contribution in [3.8, 4) is 0 Å². The Bertz CT molecular complexity index is 248. The van der Waals surface area contributed by atoms with Crippen molar-refractivity contribution in [1.29, 1.82) is 0 Å². The molecule has 0 saturated carbocycles. The van der Waals surface area contributed by atoms with E-state index in [1.165, 1.54) is 5.56 Å². The van der Waals surface area contributed by atoms with Gasteiger partial charge in [0, 0.05) is 17.9 Å². The molecule has 0 aliphatic heterocycles. The number of alkyl halides is 1. The molecular weight excluding hydrogens is 240 g/mol. The molecule has 0 aliphatic rings. The molecule has 1 rings (SSSR count). The standard InChI is InChI=1S/C12H17BrO/c1-3-12(13)11(9-14-2)10-7-5-4-6-8-10/h4-8,11-12H,3,9H2,1-2H3. The van der Waals surface area contributed by atoms with Gasteiger partial charge >= 0.3 is 0 Å². The molecule has 0 N–H and O–H groups in total. The zero-order valence-electron chi connectivity index (χ0n) is 8.74. The average molecular weight is 257 g/mol. The lowest BCUT2D eigenvalue weighted by Crippen LogP contribution is -2.16. The zero-order valence-corrected chi connectivity index (χ0v) is 10.3. The molecule has 0 fully saturated rings. The summed E-state index contributed by atoms with van der Waals surface area (Å²) in [5.41, 5.74) is 1.35. The molecule has 14 heavy (non-hydrogen) atoms. The monoisotopic (exact) mass is 256 g/mol. The molecule has 78 valence electrons. The van der Waals surface area contributed by atoms with Gasteiger partial charge in [0.2, 0.25) is 0 Å². The molecule has 0 amide bonds. The summed E-state index contributed by atoms with van der Waals surface area (Å²) < 4.78 is 5.25. The lowest BCUT2D eigenvalue weighted by Gasteiger charge is -2.21. The number of benzene rings is 1. The Morgan fingerprint density at radius 3 is 2.43 bits per heavy atom. The lowest BCUT2D eigenvalue weighted by atomic mass is 9.95. The largest absolute Gasteiger partial charge is 0.384 e. The highest BCUT2D eigenvalue weighted by atomic mass is 79.9. The summed E-state index contributed by atoms with van der Waals surface area (Å²) in [7, 11) is 1.76. The van der Waals surface area contributed by atoms with Crippen molar-refractivity contribution in [2.24, 2.45) is 0 Å². The molecule has 1 aromatic rings.